The van der Waals surface area contributed by atoms with Crippen LogP contribution in [0.5, 0.6) is 0 Å². The molecule has 0 aromatic carbocycles. The molecular weight excluding hydrogens is 268 g/mol. The standard InChI is InChI=1S/C14H22N6O/c15-8-11-3-4-13(19-11)18-6-5-17-10-14(21)20-7-1-2-12(20)9-16/h11-13,17-19H,1-7,10H2/t11?,12-,13?/m0/s1. The molecule has 2 rings (SSSR count). The van der Waals surface area contributed by atoms with Crippen molar-refractivity contribution in [2.24, 2.45) is 0 Å². The zero-order chi connectivity index (χ0) is 15.1. The molecule has 0 bridgehead atoms. The number of nitriles is 2. The van der Waals surface area contributed by atoms with Crippen molar-refractivity contribution in [3.8, 4) is 12.1 Å². The summed E-state index contributed by atoms with van der Waals surface area (Å²) in [5.74, 6) is 0.00239. The van der Waals surface area contributed by atoms with Gasteiger partial charge < -0.3 is 15.5 Å². The predicted octanol–water partition coefficient (Wildman–Crippen LogP) is -0.718. The maximum Gasteiger partial charge on any atom is 0.237 e. The molecule has 0 saturated carbocycles. The van der Waals surface area contributed by atoms with E-state index in [1.807, 2.05) is 0 Å². The van der Waals surface area contributed by atoms with Gasteiger partial charge in [0.15, 0.2) is 0 Å². The Hall–Kier alpha value is -1.67. The lowest BCUT2D eigenvalue weighted by Crippen LogP contribution is -2.45. The summed E-state index contributed by atoms with van der Waals surface area (Å²) in [6.07, 6.45) is 3.73. The molecule has 2 aliphatic heterocycles. The topological polar surface area (TPSA) is 104 Å². The van der Waals surface area contributed by atoms with Crippen LogP contribution in [-0.4, -0.2) is 55.2 Å². The van der Waals surface area contributed by atoms with Gasteiger partial charge in [0, 0.05) is 19.6 Å². The normalized spacial score (nSPS) is 28.3. The molecule has 0 aromatic rings. The van der Waals surface area contributed by atoms with Gasteiger partial charge in [0.2, 0.25) is 5.91 Å². The molecule has 2 fully saturated rings. The first-order valence-corrected chi connectivity index (χ1v) is 7.53. The highest BCUT2D eigenvalue weighted by Crippen LogP contribution is 2.15. The van der Waals surface area contributed by atoms with Crippen molar-refractivity contribution < 1.29 is 4.79 Å². The smallest absolute Gasteiger partial charge is 0.237 e. The molecule has 2 unspecified atom stereocenters. The fraction of sp³-hybridized carbons (Fsp3) is 0.786. The molecule has 3 atom stereocenters. The van der Waals surface area contributed by atoms with E-state index in [2.05, 4.69) is 28.1 Å². The second-order valence-corrected chi connectivity index (χ2v) is 5.48. The first kappa shape index (κ1) is 15.7. The van der Waals surface area contributed by atoms with Gasteiger partial charge in [-0.1, -0.05) is 0 Å². The largest absolute Gasteiger partial charge is 0.326 e. The number of nitrogens with one attached hydrogen (secondary N) is 3. The summed E-state index contributed by atoms with van der Waals surface area (Å²) < 4.78 is 0. The Balaban J connectivity index is 1.55. The van der Waals surface area contributed by atoms with Crippen LogP contribution in [0.15, 0.2) is 0 Å². The van der Waals surface area contributed by atoms with Gasteiger partial charge in [0.1, 0.15) is 6.04 Å². The molecule has 0 aromatic heterocycles. The lowest BCUT2D eigenvalue weighted by Gasteiger charge is -2.20. The van der Waals surface area contributed by atoms with Gasteiger partial charge in [-0.25, -0.2) is 0 Å². The third-order valence-corrected chi connectivity index (χ3v) is 3.99. The number of nitrogens with zero attached hydrogens (tertiary/aromatic N) is 3. The first-order chi connectivity index (χ1) is 10.2. The lowest BCUT2D eigenvalue weighted by atomic mass is 10.2. The Morgan fingerprint density at radius 3 is 2.81 bits per heavy atom. The molecule has 114 valence electrons. The highest BCUT2D eigenvalue weighted by atomic mass is 16.2. The van der Waals surface area contributed by atoms with Gasteiger partial charge in [-0.3, -0.25) is 10.1 Å². The maximum absolute atomic E-state index is 12.0. The van der Waals surface area contributed by atoms with Gasteiger partial charge >= 0.3 is 0 Å². The SMILES string of the molecule is N#CC1CCC(NCCNCC(=O)N2CCC[C@H]2C#N)N1. The predicted molar refractivity (Wildman–Crippen MR) is 76.8 cm³/mol. The molecule has 2 heterocycles. The minimum absolute atomic E-state index is 0.00239. The van der Waals surface area contributed by atoms with Crippen molar-refractivity contribution in [2.45, 2.75) is 43.9 Å². The summed E-state index contributed by atoms with van der Waals surface area (Å²) in [7, 11) is 0. The van der Waals surface area contributed by atoms with E-state index in [1.54, 1.807) is 4.90 Å². The number of carbonyl (C=O) groups is 1. The zero-order valence-electron chi connectivity index (χ0n) is 12.1. The van der Waals surface area contributed by atoms with Crippen LogP contribution < -0.4 is 16.0 Å². The van der Waals surface area contributed by atoms with Crippen LogP contribution in [0, 0.1) is 22.7 Å². The molecule has 0 aliphatic carbocycles. The second-order valence-electron chi connectivity index (χ2n) is 5.48. The summed E-state index contributed by atoms with van der Waals surface area (Å²) in [6, 6.07) is 4.09. The fourth-order valence-corrected chi connectivity index (χ4v) is 2.84. The molecule has 7 heteroatoms. The average molecular weight is 290 g/mol. The summed E-state index contributed by atoms with van der Waals surface area (Å²) >= 11 is 0. The van der Waals surface area contributed by atoms with Gasteiger partial charge in [0.05, 0.1) is 30.9 Å². The van der Waals surface area contributed by atoms with Gasteiger partial charge in [-0.2, -0.15) is 10.5 Å². The number of hydrogen-bond acceptors (Lipinski definition) is 6. The van der Waals surface area contributed by atoms with E-state index in [0.717, 1.165) is 32.2 Å². The van der Waals surface area contributed by atoms with Crippen LogP contribution in [0.4, 0.5) is 0 Å². The van der Waals surface area contributed by atoms with Crippen molar-refractivity contribution in [1.29, 1.82) is 10.5 Å². The molecule has 7 nitrogen and oxygen atoms in total. The van der Waals surface area contributed by atoms with Gasteiger partial charge in [-0.15, -0.1) is 0 Å². The van der Waals surface area contributed by atoms with Crippen molar-refractivity contribution in [3.63, 3.8) is 0 Å². The van der Waals surface area contributed by atoms with E-state index in [-0.39, 0.29) is 30.7 Å². The number of likely N-dealkylation sites (tertiary alicyclic amines) is 1. The Morgan fingerprint density at radius 1 is 1.24 bits per heavy atom. The number of amides is 1. The first-order valence-electron chi connectivity index (χ1n) is 7.53. The summed E-state index contributed by atoms with van der Waals surface area (Å²) in [5.41, 5.74) is 0. The average Bonchev–Trinajstić information content (AvgIpc) is 3.15. The summed E-state index contributed by atoms with van der Waals surface area (Å²) in [4.78, 5) is 13.6. The van der Waals surface area contributed by atoms with Crippen molar-refractivity contribution in [1.82, 2.24) is 20.9 Å². The molecule has 0 spiro atoms. The van der Waals surface area contributed by atoms with E-state index in [9.17, 15) is 4.79 Å². The van der Waals surface area contributed by atoms with Crippen LogP contribution in [0.3, 0.4) is 0 Å². The highest BCUT2D eigenvalue weighted by Gasteiger charge is 2.27. The molecule has 2 aliphatic rings. The van der Waals surface area contributed by atoms with Crippen molar-refractivity contribution in [3.05, 3.63) is 0 Å². The Kier molecular flexibility index (Phi) is 5.94. The minimum Gasteiger partial charge on any atom is -0.326 e. The van der Waals surface area contributed by atoms with Crippen LogP contribution in [0.25, 0.3) is 0 Å². The number of hydrogen-bond donors (Lipinski definition) is 3. The third kappa shape index (κ3) is 4.40. The lowest BCUT2D eigenvalue weighted by molar-refractivity contribution is -0.130. The number of rotatable bonds is 6. The second kappa shape index (κ2) is 7.94. The van der Waals surface area contributed by atoms with Crippen LogP contribution in [0.1, 0.15) is 25.7 Å². The van der Waals surface area contributed by atoms with E-state index in [1.165, 1.54) is 0 Å². The van der Waals surface area contributed by atoms with Crippen molar-refractivity contribution in [2.75, 3.05) is 26.2 Å². The van der Waals surface area contributed by atoms with Crippen LogP contribution >= 0.6 is 0 Å². The van der Waals surface area contributed by atoms with Gasteiger partial charge in [0.25, 0.3) is 0 Å². The van der Waals surface area contributed by atoms with E-state index < -0.39 is 0 Å². The van der Waals surface area contributed by atoms with Crippen molar-refractivity contribution >= 4 is 5.91 Å². The van der Waals surface area contributed by atoms with Crippen LogP contribution in [0.2, 0.25) is 0 Å². The Labute approximate surface area is 125 Å². The van der Waals surface area contributed by atoms with E-state index in [4.69, 9.17) is 10.5 Å². The molecule has 2 saturated heterocycles. The Morgan fingerprint density at radius 2 is 2.10 bits per heavy atom. The molecule has 0 radical (unpaired) electrons. The quantitative estimate of drug-likeness (QED) is 0.558. The van der Waals surface area contributed by atoms with Crippen LogP contribution in [-0.2, 0) is 4.79 Å². The van der Waals surface area contributed by atoms with E-state index in [0.29, 0.717) is 13.1 Å². The summed E-state index contributed by atoms with van der Waals surface area (Å²) in [6.45, 7) is 2.40. The Bertz CT molecular complexity index is 440. The number of carbonyl (C=O) groups excluding carboxylic acids is 1. The minimum atomic E-state index is -0.247. The molecular formula is C14H22N6O. The highest BCUT2D eigenvalue weighted by molar-refractivity contribution is 5.79. The monoisotopic (exact) mass is 290 g/mol. The molecule has 1 amide bonds. The molecule has 3 N–H and O–H groups in total. The maximum atomic E-state index is 12.0. The molecule has 21 heavy (non-hydrogen) atoms. The zero-order valence-corrected chi connectivity index (χ0v) is 12.1. The van der Waals surface area contributed by atoms with E-state index >= 15 is 0 Å². The van der Waals surface area contributed by atoms with Gasteiger partial charge in [-0.05, 0) is 25.7 Å². The fourth-order valence-electron chi connectivity index (χ4n) is 2.84. The third-order valence-electron chi connectivity index (χ3n) is 3.99. The summed E-state index contributed by atoms with van der Waals surface area (Å²) in [5, 5.41) is 27.3.